The summed E-state index contributed by atoms with van der Waals surface area (Å²) >= 11 is 7.69. The van der Waals surface area contributed by atoms with Gasteiger partial charge in [0.25, 0.3) is 5.91 Å². The fraction of sp³-hybridized carbons (Fsp3) is 0. The van der Waals surface area contributed by atoms with E-state index in [2.05, 4.69) is 37.2 Å². The Labute approximate surface area is 159 Å². The van der Waals surface area contributed by atoms with Crippen LogP contribution in [0.25, 0.3) is 11.6 Å². The number of nitrogens with two attached hydrogens (primary N) is 1. The molecule has 3 rings (SSSR count). The maximum absolute atomic E-state index is 12.3. The number of nitrogens with one attached hydrogen (secondary N) is 2. The lowest BCUT2D eigenvalue weighted by molar-refractivity contribution is -0.110. The number of carbonyl (C=O) groups is 1. The second-order valence-electron chi connectivity index (χ2n) is 5.02. The van der Waals surface area contributed by atoms with Crippen molar-refractivity contribution in [2.45, 2.75) is 4.90 Å². The Morgan fingerprint density at radius 1 is 1.25 bits per heavy atom. The van der Waals surface area contributed by atoms with Crippen molar-refractivity contribution in [2.75, 3.05) is 5.32 Å². The van der Waals surface area contributed by atoms with E-state index < -0.39 is 0 Å². The lowest BCUT2D eigenvalue weighted by Crippen LogP contribution is -2.03. The number of rotatable bonds is 2. The fourth-order valence-electron chi connectivity index (χ4n) is 2.34. The molecule has 0 spiro atoms. The molecule has 24 heavy (non-hydrogen) atoms. The van der Waals surface area contributed by atoms with Gasteiger partial charge in [0.05, 0.1) is 8.95 Å². The number of hydrogen-bond acceptors (Lipinski definition) is 4. The van der Waals surface area contributed by atoms with Gasteiger partial charge in [0.15, 0.2) is 5.17 Å². The monoisotopic (exact) mass is 467 g/mol. The van der Waals surface area contributed by atoms with Crippen LogP contribution in [0.2, 0.25) is 0 Å². The van der Waals surface area contributed by atoms with Crippen LogP contribution in [0.4, 0.5) is 5.69 Å². The highest BCUT2D eigenvalue weighted by Crippen LogP contribution is 2.38. The van der Waals surface area contributed by atoms with E-state index in [9.17, 15) is 9.90 Å². The number of thioether (sulfide) groups is 1. The maximum Gasteiger partial charge on any atom is 0.256 e. The van der Waals surface area contributed by atoms with Gasteiger partial charge in [-0.05, 0) is 73.8 Å². The zero-order chi connectivity index (χ0) is 17.4. The zero-order valence-electron chi connectivity index (χ0n) is 12.1. The summed E-state index contributed by atoms with van der Waals surface area (Å²) in [4.78, 5) is 13.1. The molecule has 0 aromatic heterocycles. The molecule has 0 unspecified atom stereocenters. The van der Waals surface area contributed by atoms with Gasteiger partial charge in [-0.2, -0.15) is 0 Å². The molecule has 8 heteroatoms. The Balaban J connectivity index is 2.07. The molecular weight excluding hydrogens is 458 g/mol. The molecule has 0 atom stereocenters. The van der Waals surface area contributed by atoms with Gasteiger partial charge in [-0.1, -0.05) is 11.8 Å². The molecule has 0 aliphatic carbocycles. The van der Waals surface area contributed by atoms with Crippen molar-refractivity contribution >= 4 is 72.0 Å². The number of amidine groups is 1. The lowest BCUT2D eigenvalue weighted by atomic mass is 10.0. The van der Waals surface area contributed by atoms with E-state index in [1.54, 1.807) is 24.3 Å². The van der Waals surface area contributed by atoms with E-state index in [-0.39, 0.29) is 16.8 Å². The Bertz CT molecular complexity index is 889. The number of hydrogen-bond donors (Lipinski definition) is 4. The molecule has 122 valence electrons. The van der Waals surface area contributed by atoms with Crippen molar-refractivity contribution in [2.24, 2.45) is 5.73 Å². The van der Waals surface area contributed by atoms with Crippen molar-refractivity contribution in [1.82, 2.24) is 0 Å². The van der Waals surface area contributed by atoms with Crippen LogP contribution in [0, 0.1) is 5.41 Å². The van der Waals surface area contributed by atoms with Crippen molar-refractivity contribution in [3.8, 4) is 5.75 Å². The molecule has 1 amide bonds. The second-order valence-corrected chi connectivity index (χ2v) is 7.84. The highest BCUT2D eigenvalue weighted by Gasteiger charge is 2.24. The van der Waals surface area contributed by atoms with E-state index in [1.807, 2.05) is 12.1 Å². The quantitative estimate of drug-likeness (QED) is 0.227. The number of halogens is 2. The topological polar surface area (TPSA) is 99.2 Å². The SMILES string of the molecule is N=C(N)Sc1ccc2c(c1)/C(=C\c1cc(Br)c(O)c(Br)c1)C(=O)N2. The molecule has 2 aromatic carbocycles. The second kappa shape index (κ2) is 6.62. The molecular formula is C16H11Br2N3O2S. The molecule has 1 aliphatic rings. The number of phenolic OH excluding ortho intramolecular Hbond substituents is 1. The highest BCUT2D eigenvalue weighted by atomic mass is 79.9. The summed E-state index contributed by atoms with van der Waals surface area (Å²) in [6.45, 7) is 0. The number of amides is 1. The van der Waals surface area contributed by atoms with Crippen LogP contribution in [0.5, 0.6) is 5.75 Å². The third-order valence-electron chi connectivity index (χ3n) is 3.35. The summed E-state index contributed by atoms with van der Waals surface area (Å²) in [6, 6.07) is 8.89. The molecule has 0 saturated heterocycles. The average molecular weight is 469 g/mol. The van der Waals surface area contributed by atoms with Crippen LogP contribution in [0.15, 0.2) is 44.2 Å². The number of fused-ring (bicyclic) bond motifs is 1. The van der Waals surface area contributed by atoms with Gasteiger partial charge in [-0.3, -0.25) is 10.2 Å². The van der Waals surface area contributed by atoms with Crippen molar-refractivity contribution in [1.29, 1.82) is 5.41 Å². The van der Waals surface area contributed by atoms with E-state index in [4.69, 9.17) is 11.1 Å². The maximum atomic E-state index is 12.3. The first-order valence-corrected chi connectivity index (χ1v) is 9.13. The van der Waals surface area contributed by atoms with Gasteiger partial charge in [0.2, 0.25) is 0 Å². The molecule has 1 heterocycles. The van der Waals surface area contributed by atoms with Crippen LogP contribution in [0.3, 0.4) is 0 Å². The third kappa shape index (κ3) is 3.35. The van der Waals surface area contributed by atoms with Crippen LogP contribution in [-0.2, 0) is 4.79 Å². The fourth-order valence-corrected chi connectivity index (χ4v) is 4.12. The first-order valence-electron chi connectivity index (χ1n) is 6.72. The number of carbonyl (C=O) groups excluding carboxylic acids is 1. The van der Waals surface area contributed by atoms with Crippen LogP contribution in [0.1, 0.15) is 11.1 Å². The van der Waals surface area contributed by atoms with Crippen molar-refractivity contribution in [3.05, 3.63) is 50.4 Å². The third-order valence-corrected chi connectivity index (χ3v) is 5.27. The molecule has 0 bridgehead atoms. The summed E-state index contributed by atoms with van der Waals surface area (Å²) in [6.07, 6.45) is 1.75. The van der Waals surface area contributed by atoms with Gasteiger partial charge in [0, 0.05) is 21.7 Å². The smallest absolute Gasteiger partial charge is 0.256 e. The number of benzene rings is 2. The normalized spacial score (nSPS) is 14.6. The first kappa shape index (κ1) is 17.1. The molecule has 0 fully saturated rings. The molecule has 2 aromatic rings. The van der Waals surface area contributed by atoms with Crippen molar-refractivity contribution in [3.63, 3.8) is 0 Å². The summed E-state index contributed by atoms with van der Waals surface area (Å²) < 4.78 is 1.06. The predicted octanol–water partition coefficient (Wildman–Crippen LogP) is 4.40. The number of aromatic hydroxyl groups is 1. The van der Waals surface area contributed by atoms with Crippen LogP contribution in [-0.4, -0.2) is 16.2 Å². The minimum atomic E-state index is -0.199. The highest BCUT2D eigenvalue weighted by molar-refractivity contribution is 9.11. The lowest BCUT2D eigenvalue weighted by Gasteiger charge is -2.05. The van der Waals surface area contributed by atoms with E-state index >= 15 is 0 Å². The minimum Gasteiger partial charge on any atom is -0.506 e. The Morgan fingerprint density at radius 3 is 2.54 bits per heavy atom. The van der Waals surface area contributed by atoms with Crippen LogP contribution >= 0.6 is 43.6 Å². The van der Waals surface area contributed by atoms with Crippen molar-refractivity contribution < 1.29 is 9.90 Å². The largest absolute Gasteiger partial charge is 0.506 e. The summed E-state index contributed by atoms with van der Waals surface area (Å²) in [5, 5.41) is 20.0. The standard InChI is InChI=1S/C16H11Br2N3O2S/c17-11-4-7(5-12(18)14(11)22)3-10-9-6-8(24-16(19)20)1-2-13(9)21-15(10)23/h1-6,22H,(H3,19,20)(H,21,23)/b10-3+. The summed E-state index contributed by atoms with van der Waals surface area (Å²) in [5.74, 6) is -0.0936. The molecule has 5 N–H and O–H groups in total. The van der Waals surface area contributed by atoms with Gasteiger partial charge in [-0.25, -0.2) is 0 Å². The Kier molecular flexibility index (Phi) is 4.71. The van der Waals surface area contributed by atoms with Gasteiger partial charge < -0.3 is 16.2 Å². The molecule has 5 nitrogen and oxygen atoms in total. The predicted molar refractivity (Wildman–Crippen MR) is 104 cm³/mol. The van der Waals surface area contributed by atoms with Gasteiger partial charge >= 0.3 is 0 Å². The van der Waals surface area contributed by atoms with E-state index in [0.717, 1.165) is 33.5 Å². The summed E-state index contributed by atoms with van der Waals surface area (Å²) in [5.41, 5.74) is 8.17. The molecule has 1 aliphatic heterocycles. The number of anilines is 1. The molecule has 0 saturated carbocycles. The number of phenols is 1. The Morgan fingerprint density at radius 2 is 1.92 bits per heavy atom. The zero-order valence-corrected chi connectivity index (χ0v) is 16.0. The summed E-state index contributed by atoms with van der Waals surface area (Å²) in [7, 11) is 0. The first-order chi connectivity index (χ1) is 11.3. The molecule has 0 radical (unpaired) electrons. The average Bonchev–Trinajstić information content (AvgIpc) is 2.80. The van der Waals surface area contributed by atoms with Crippen LogP contribution < -0.4 is 11.1 Å². The van der Waals surface area contributed by atoms with Gasteiger partial charge in [-0.15, -0.1) is 0 Å². The van der Waals surface area contributed by atoms with E-state index in [0.29, 0.717) is 14.5 Å². The Hall–Kier alpha value is -1.77. The minimum absolute atomic E-state index is 0.0100. The van der Waals surface area contributed by atoms with E-state index in [1.165, 1.54) is 0 Å². The van der Waals surface area contributed by atoms with Gasteiger partial charge in [0.1, 0.15) is 5.75 Å².